The number of hydrogen-bond acceptors (Lipinski definition) is 9. The highest BCUT2D eigenvalue weighted by Gasteiger charge is 2.53. The van der Waals surface area contributed by atoms with Gasteiger partial charge < -0.3 is 25.4 Å². The number of carbonyl (C=O) groups excluding carboxylic acids is 2. The number of pyridine rings is 1. The molecule has 2 amide bonds. The second-order valence-electron chi connectivity index (χ2n) is 18.7. The summed E-state index contributed by atoms with van der Waals surface area (Å²) in [6.45, 7) is 3.41. The Morgan fingerprint density at radius 1 is 0.915 bits per heavy atom. The van der Waals surface area contributed by atoms with Gasteiger partial charge in [0.1, 0.15) is 35.5 Å². The minimum absolute atomic E-state index is 0.00642. The SMILES string of the molecule is C[C@H]1CC(F)(F)c2c1c(C(F)(F)F)nn2CC(=O)N[C@@H](Cc1cc(F)cc(F)c1)c1nc2nc(N3CCN(c4ccc(-c5nccn5CCS(C)(C)C)cc4)CC3)sc2cc1-c1ccc(F)c(C(N)=O)c1. The lowest BCUT2D eigenvalue weighted by Gasteiger charge is -2.36. The van der Waals surface area contributed by atoms with Gasteiger partial charge in [0.2, 0.25) is 5.91 Å². The second kappa shape index (κ2) is 18.9. The molecule has 71 heavy (non-hydrogen) atoms. The van der Waals surface area contributed by atoms with Crippen LogP contribution in [-0.4, -0.2) is 91.8 Å². The number of fused-ring (bicyclic) bond motifs is 2. The summed E-state index contributed by atoms with van der Waals surface area (Å²) in [5.74, 6) is -8.02. The number of rotatable bonds is 14. The van der Waals surface area contributed by atoms with E-state index in [1.165, 1.54) is 30.4 Å². The quantitative estimate of drug-likeness (QED) is 0.103. The largest absolute Gasteiger partial charge is 0.435 e. The molecule has 2 aliphatic rings. The van der Waals surface area contributed by atoms with Gasteiger partial charge in [0, 0.05) is 80.0 Å². The molecule has 1 saturated heterocycles. The lowest BCUT2D eigenvalue weighted by molar-refractivity contribution is -0.142. The third kappa shape index (κ3) is 10.4. The Bertz CT molecular complexity index is 3140. The van der Waals surface area contributed by atoms with Crippen LogP contribution in [0.15, 0.2) is 79.1 Å². The van der Waals surface area contributed by atoms with E-state index in [2.05, 4.69) is 72.8 Å². The molecule has 0 bridgehead atoms. The predicted octanol–water partition coefficient (Wildman–Crippen LogP) is 9.67. The Labute approximate surface area is 408 Å². The highest BCUT2D eigenvalue weighted by atomic mass is 32.3. The summed E-state index contributed by atoms with van der Waals surface area (Å²) < 4.78 is 120. The number of halogens is 8. The maximum Gasteiger partial charge on any atom is 0.435 e. The molecule has 3 aromatic carbocycles. The van der Waals surface area contributed by atoms with E-state index in [-0.39, 0.29) is 28.0 Å². The Kier molecular flexibility index (Phi) is 13.2. The van der Waals surface area contributed by atoms with Gasteiger partial charge in [-0.25, -0.2) is 33.2 Å². The molecule has 5 heterocycles. The molecule has 374 valence electrons. The van der Waals surface area contributed by atoms with Crippen LogP contribution >= 0.6 is 21.4 Å². The van der Waals surface area contributed by atoms with Crippen molar-refractivity contribution in [2.24, 2.45) is 5.73 Å². The lowest BCUT2D eigenvalue weighted by Crippen LogP contribution is -2.46. The summed E-state index contributed by atoms with van der Waals surface area (Å²) >= 11 is 1.29. The number of piperazine rings is 1. The van der Waals surface area contributed by atoms with Crippen LogP contribution in [0.3, 0.4) is 0 Å². The summed E-state index contributed by atoms with van der Waals surface area (Å²) in [5.41, 5.74) is 4.37. The summed E-state index contributed by atoms with van der Waals surface area (Å²) in [7, 11) is -0.684. The van der Waals surface area contributed by atoms with Crippen LogP contribution in [0.5, 0.6) is 0 Å². The number of anilines is 2. The molecule has 0 spiro atoms. The van der Waals surface area contributed by atoms with Gasteiger partial charge in [0.25, 0.3) is 11.8 Å². The summed E-state index contributed by atoms with van der Waals surface area (Å²) in [6.07, 6.45) is 4.26. The summed E-state index contributed by atoms with van der Waals surface area (Å²) in [4.78, 5) is 45.1. The highest BCUT2D eigenvalue weighted by molar-refractivity contribution is 8.32. The normalized spacial score (nSPS) is 16.6. The van der Waals surface area contributed by atoms with Crippen molar-refractivity contribution < 1.29 is 44.7 Å². The molecule has 0 saturated carbocycles. The van der Waals surface area contributed by atoms with Crippen molar-refractivity contribution in [3.8, 4) is 22.5 Å². The van der Waals surface area contributed by atoms with E-state index in [0.29, 0.717) is 46.8 Å². The molecule has 22 heteroatoms. The minimum Gasteiger partial charge on any atom is -0.368 e. The number of thiazole rings is 1. The average molecular weight is 1030 g/mol. The molecule has 1 fully saturated rings. The van der Waals surface area contributed by atoms with E-state index in [1.807, 2.05) is 12.4 Å². The van der Waals surface area contributed by atoms with Crippen LogP contribution in [0.2, 0.25) is 0 Å². The molecule has 1 aliphatic carbocycles. The topological polar surface area (TPSA) is 140 Å². The number of imidazole rings is 1. The molecule has 12 nitrogen and oxygen atoms in total. The van der Waals surface area contributed by atoms with E-state index >= 15 is 8.78 Å². The van der Waals surface area contributed by atoms with Crippen molar-refractivity contribution in [3.63, 3.8) is 0 Å². The number of aromatic nitrogens is 6. The van der Waals surface area contributed by atoms with Gasteiger partial charge in [-0.2, -0.15) is 32.0 Å². The van der Waals surface area contributed by atoms with Gasteiger partial charge in [0.15, 0.2) is 16.5 Å². The third-order valence-electron chi connectivity index (χ3n) is 12.6. The number of primary amides is 1. The maximum absolute atomic E-state index is 15.3. The molecular formula is C49H48F8N10O2S2. The van der Waals surface area contributed by atoms with Gasteiger partial charge in [-0.05, 0) is 103 Å². The van der Waals surface area contributed by atoms with Crippen LogP contribution in [0, 0.1) is 17.5 Å². The van der Waals surface area contributed by atoms with Crippen LogP contribution < -0.4 is 20.9 Å². The number of nitrogens with two attached hydrogens (primary N) is 1. The number of aryl methyl sites for hydroxylation is 1. The predicted molar refractivity (Wildman–Crippen MR) is 259 cm³/mol. The maximum atomic E-state index is 15.3. The van der Waals surface area contributed by atoms with Gasteiger partial charge >= 0.3 is 6.18 Å². The Morgan fingerprint density at radius 2 is 1.59 bits per heavy atom. The zero-order chi connectivity index (χ0) is 50.7. The molecule has 0 unspecified atom stereocenters. The van der Waals surface area contributed by atoms with Gasteiger partial charge in [-0.3, -0.25) is 14.3 Å². The van der Waals surface area contributed by atoms with Crippen molar-refractivity contribution >= 4 is 54.3 Å². The van der Waals surface area contributed by atoms with Crippen LogP contribution in [0.1, 0.15) is 63.9 Å². The number of alkyl halides is 5. The summed E-state index contributed by atoms with van der Waals surface area (Å²) in [6, 6.07) is 14.7. The molecule has 0 radical (unpaired) electrons. The average Bonchev–Trinajstić information content (AvgIpc) is 4.08. The van der Waals surface area contributed by atoms with Gasteiger partial charge in [0.05, 0.1) is 22.0 Å². The minimum atomic E-state index is -5.11. The third-order valence-corrected chi connectivity index (χ3v) is 15.1. The summed E-state index contributed by atoms with van der Waals surface area (Å²) in [5, 5.41) is 6.68. The fraction of sp³-hybridized carbons (Fsp3) is 0.347. The molecule has 7 aromatic rings. The number of nitrogens with one attached hydrogen (secondary N) is 1. The number of amides is 2. The van der Waals surface area contributed by atoms with Crippen molar-refractivity contribution in [3.05, 3.63) is 130 Å². The van der Waals surface area contributed by atoms with E-state index in [4.69, 9.17) is 15.7 Å². The van der Waals surface area contributed by atoms with E-state index in [1.54, 1.807) is 6.07 Å². The smallest absolute Gasteiger partial charge is 0.368 e. The first-order valence-corrected chi connectivity index (χ1v) is 26.3. The Hall–Kier alpha value is -6.55. The molecule has 3 N–H and O–H groups in total. The van der Waals surface area contributed by atoms with Crippen molar-refractivity contribution in [1.82, 2.24) is 34.6 Å². The van der Waals surface area contributed by atoms with Gasteiger partial charge in [-0.1, -0.05) is 24.3 Å². The molecule has 1 aliphatic heterocycles. The zero-order valence-corrected chi connectivity index (χ0v) is 40.5. The van der Waals surface area contributed by atoms with Gasteiger partial charge in [-0.15, -0.1) is 0 Å². The highest BCUT2D eigenvalue weighted by Crippen LogP contribution is 2.52. The molecule has 4 aromatic heterocycles. The Balaban J connectivity index is 1.04. The Morgan fingerprint density at radius 3 is 2.25 bits per heavy atom. The number of benzene rings is 3. The standard InChI is InChI=1S/C49H48F8N10O2S2/c1-27-25-48(53,54)43-40(27)42(49(55,56)57)63-67(43)26-39(68)60-37(21-28-19-31(50)23-32(51)20-28)41-34(30-7-10-36(52)35(22-30)44(58)69)24-38-45(61-41)62-47(70-38)66-15-13-64(14-16-66)33-8-5-29(6-9-33)46-59-11-12-65(46)17-18-71(2,3)4/h5-12,19-20,22-24,27,37H,13-18,21,25-26H2,1-4H3,(H2,58,69)(H,60,68)/t27-,37-/m0/s1. The monoisotopic (exact) mass is 1020 g/mol. The van der Waals surface area contributed by atoms with E-state index in [0.717, 1.165) is 47.6 Å². The van der Waals surface area contributed by atoms with Crippen LogP contribution in [0.4, 0.5) is 45.9 Å². The van der Waals surface area contributed by atoms with Crippen LogP contribution in [0.25, 0.3) is 32.9 Å². The van der Waals surface area contributed by atoms with E-state index in [9.17, 15) is 35.9 Å². The number of nitrogens with zero attached hydrogens (tertiary/aromatic N) is 8. The van der Waals surface area contributed by atoms with Crippen molar-refractivity contribution in [1.29, 1.82) is 0 Å². The van der Waals surface area contributed by atoms with Crippen molar-refractivity contribution in [2.75, 3.05) is 60.5 Å². The number of hydrogen-bond donors (Lipinski definition) is 2. The lowest BCUT2D eigenvalue weighted by atomic mass is 9.94. The fourth-order valence-electron chi connectivity index (χ4n) is 9.27. The zero-order valence-electron chi connectivity index (χ0n) is 38.8. The van der Waals surface area contributed by atoms with E-state index < -0.39 is 105 Å². The van der Waals surface area contributed by atoms with Crippen molar-refractivity contribution in [2.45, 2.75) is 56.9 Å². The first-order chi connectivity index (χ1) is 33.5. The first kappa shape index (κ1) is 49.4. The molecule has 2 atom stereocenters. The van der Waals surface area contributed by atoms with Crippen LogP contribution in [-0.2, 0) is 36.4 Å². The first-order valence-electron chi connectivity index (χ1n) is 22.5. The molecule has 9 rings (SSSR count). The number of carbonyl (C=O) groups is 2. The fourth-order valence-corrected chi connectivity index (χ4v) is 11.0. The second-order valence-corrected chi connectivity index (χ2v) is 24.3. The molecular weight excluding hydrogens is 977 g/mol.